The molecule has 0 bridgehead atoms. The van der Waals surface area contributed by atoms with Crippen LogP contribution in [0.5, 0.6) is 0 Å². The fraction of sp³-hybridized carbons (Fsp3) is 0.0909. The predicted molar refractivity (Wildman–Crippen MR) is 74.7 cm³/mol. The van der Waals surface area contributed by atoms with Gasteiger partial charge in [0.25, 0.3) is 0 Å². The van der Waals surface area contributed by atoms with Gasteiger partial charge in [-0.1, -0.05) is 23.7 Å². The lowest BCUT2D eigenvalue weighted by molar-refractivity contribution is 1.15. The molecule has 0 aliphatic rings. The van der Waals surface area contributed by atoms with Gasteiger partial charge < -0.3 is 5.32 Å². The smallest absolute Gasteiger partial charge is 0.161 e. The molecule has 0 saturated heterocycles. The standard InChI is InChI=1S/C11H9ClIN3/c1-14-11-9(13)6-15-10(16-11)7-3-2-4-8(12)5-7/h2-6H,1H3,(H,14,15,16). The highest BCUT2D eigenvalue weighted by atomic mass is 127. The minimum Gasteiger partial charge on any atom is -0.372 e. The van der Waals surface area contributed by atoms with Crippen molar-refractivity contribution in [3.8, 4) is 11.4 Å². The van der Waals surface area contributed by atoms with Crippen molar-refractivity contribution in [2.45, 2.75) is 0 Å². The topological polar surface area (TPSA) is 37.8 Å². The fourth-order valence-corrected chi connectivity index (χ4v) is 2.03. The Hall–Kier alpha value is -0.880. The van der Waals surface area contributed by atoms with Gasteiger partial charge in [0.2, 0.25) is 0 Å². The molecule has 1 heterocycles. The van der Waals surface area contributed by atoms with Crippen molar-refractivity contribution in [3.63, 3.8) is 0 Å². The summed E-state index contributed by atoms with van der Waals surface area (Å²) in [7, 11) is 1.84. The van der Waals surface area contributed by atoms with Crippen LogP contribution in [-0.2, 0) is 0 Å². The molecule has 2 aromatic rings. The van der Waals surface area contributed by atoms with Gasteiger partial charge in [-0.2, -0.15) is 0 Å². The van der Waals surface area contributed by atoms with Gasteiger partial charge in [0.15, 0.2) is 5.82 Å². The van der Waals surface area contributed by atoms with Crippen LogP contribution in [-0.4, -0.2) is 17.0 Å². The summed E-state index contributed by atoms with van der Waals surface area (Å²) in [6.45, 7) is 0. The SMILES string of the molecule is CNc1nc(-c2cccc(Cl)c2)ncc1I. The number of nitrogens with one attached hydrogen (secondary N) is 1. The fourth-order valence-electron chi connectivity index (χ4n) is 1.31. The van der Waals surface area contributed by atoms with E-state index < -0.39 is 0 Å². The van der Waals surface area contributed by atoms with Crippen molar-refractivity contribution in [1.82, 2.24) is 9.97 Å². The first-order valence-electron chi connectivity index (χ1n) is 4.67. The van der Waals surface area contributed by atoms with Gasteiger partial charge in [0.05, 0.1) is 3.57 Å². The van der Waals surface area contributed by atoms with E-state index in [1.54, 1.807) is 6.20 Å². The summed E-state index contributed by atoms with van der Waals surface area (Å²) in [6, 6.07) is 7.51. The molecule has 0 radical (unpaired) electrons. The van der Waals surface area contributed by atoms with Crippen LogP contribution in [0.1, 0.15) is 0 Å². The minimum atomic E-state index is 0.673. The maximum Gasteiger partial charge on any atom is 0.161 e. The molecule has 0 fully saturated rings. The quantitative estimate of drug-likeness (QED) is 0.847. The molecule has 2 rings (SSSR count). The zero-order valence-electron chi connectivity index (χ0n) is 8.54. The first kappa shape index (κ1) is 11.6. The molecule has 0 spiro atoms. The number of benzene rings is 1. The van der Waals surface area contributed by atoms with Crippen molar-refractivity contribution in [1.29, 1.82) is 0 Å². The van der Waals surface area contributed by atoms with E-state index in [4.69, 9.17) is 11.6 Å². The summed E-state index contributed by atoms with van der Waals surface area (Å²) < 4.78 is 0.992. The van der Waals surface area contributed by atoms with Crippen LogP contribution in [0.15, 0.2) is 30.5 Å². The maximum atomic E-state index is 5.93. The Balaban J connectivity index is 2.48. The van der Waals surface area contributed by atoms with E-state index in [0.29, 0.717) is 10.8 Å². The highest BCUT2D eigenvalue weighted by Crippen LogP contribution is 2.22. The van der Waals surface area contributed by atoms with E-state index >= 15 is 0 Å². The second kappa shape index (κ2) is 4.97. The Labute approximate surface area is 112 Å². The van der Waals surface area contributed by atoms with Gasteiger partial charge in [0.1, 0.15) is 5.82 Å². The molecule has 0 aliphatic carbocycles. The second-order valence-corrected chi connectivity index (χ2v) is 4.75. The van der Waals surface area contributed by atoms with Gasteiger partial charge in [0, 0.05) is 23.8 Å². The summed E-state index contributed by atoms with van der Waals surface area (Å²) in [5, 5.41) is 3.71. The number of halogens is 2. The van der Waals surface area contributed by atoms with Crippen LogP contribution in [0.4, 0.5) is 5.82 Å². The molecule has 0 amide bonds. The van der Waals surface area contributed by atoms with Crippen molar-refractivity contribution in [2.24, 2.45) is 0 Å². The number of nitrogens with zero attached hydrogens (tertiary/aromatic N) is 2. The van der Waals surface area contributed by atoms with Crippen LogP contribution >= 0.6 is 34.2 Å². The summed E-state index contributed by atoms with van der Waals surface area (Å²) >= 11 is 8.12. The molecule has 0 aliphatic heterocycles. The molecule has 1 N–H and O–H groups in total. The Kier molecular flexibility index (Phi) is 3.60. The van der Waals surface area contributed by atoms with Gasteiger partial charge in [-0.15, -0.1) is 0 Å². The number of aromatic nitrogens is 2. The normalized spacial score (nSPS) is 10.2. The molecule has 0 unspecified atom stereocenters. The Bertz CT molecular complexity index is 516. The molecule has 1 aromatic heterocycles. The predicted octanol–water partition coefficient (Wildman–Crippen LogP) is 3.44. The van der Waals surface area contributed by atoms with Crippen molar-refractivity contribution in [2.75, 3.05) is 12.4 Å². The second-order valence-electron chi connectivity index (χ2n) is 3.15. The summed E-state index contributed by atoms with van der Waals surface area (Å²) in [5.74, 6) is 1.50. The third kappa shape index (κ3) is 2.44. The number of hydrogen-bond acceptors (Lipinski definition) is 3. The van der Waals surface area contributed by atoms with E-state index in [1.165, 1.54) is 0 Å². The molecule has 1 aromatic carbocycles. The molecular weight excluding hydrogens is 336 g/mol. The van der Waals surface area contributed by atoms with Crippen molar-refractivity contribution < 1.29 is 0 Å². The zero-order chi connectivity index (χ0) is 11.5. The third-order valence-corrected chi connectivity index (χ3v) is 3.09. The lowest BCUT2D eigenvalue weighted by atomic mass is 10.2. The highest BCUT2D eigenvalue weighted by molar-refractivity contribution is 14.1. The van der Waals surface area contributed by atoms with Gasteiger partial charge in [-0.25, -0.2) is 9.97 Å². The lowest BCUT2D eigenvalue weighted by Gasteiger charge is -2.05. The maximum absolute atomic E-state index is 5.93. The average Bonchev–Trinajstić information content (AvgIpc) is 2.29. The van der Waals surface area contributed by atoms with Crippen molar-refractivity contribution >= 4 is 40.0 Å². The molecule has 16 heavy (non-hydrogen) atoms. The summed E-state index contributed by atoms with van der Waals surface area (Å²) in [6.07, 6.45) is 1.79. The molecule has 0 saturated carbocycles. The molecule has 82 valence electrons. The van der Waals surface area contributed by atoms with E-state index in [0.717, 1.165) is 15.0 Å². The van der Waals surface area contributed by atoms with E-state index in [1.807, 2.05) is 31.3 Å². The first-order chi connectivity index (χ1) is 7.70. The summed E-state index contributed by atoms with van der Waals surface area (Å²) in [5.41, 5.74) is 0.917. The third-order valence-electron chi connectivity index (χ3n) is 2.06. The van der Waals surface area contributed by atoms with Gasteiger partial charge >= 0.3 is 0 Å². The first-order valence-corrected chi connectivity index (χ1v) is 6.12. The van der Waals surface area contributed by atoms with E-state index in [2.05, 4.69) is 37.9 Å². The van der Waals surface area contributed by atoms with Gasteiger partial charge in [-0.3, -0.25) is 0 Å². The molecule has 5 heteroatoms. The Morgan fingerprint density at radius 1 is 1.38 bits per heavy atom. The van der Waals surface area contributed by atoms with Crippen LogP contribution < -0.4 is 5.32 Å². The monoisotopic (exact) mass is 345 g/mol. The minimum absolute atomic E-state index is 0.673. The largest absolute Gasteiger partial charge is 0.372 e. The molecular formula is C11H9ClIN3. The van der Waals surface area contributed by atoms with Crippen LogP contribution in [0.2, 0.25) is 5.02 Å². The Morgan fingerprint density at radius 3 is 2.88 bits per heavy atom. The number of rotatable bonds is 2. The number of anilines is 1. The van der Waals surface area contributed by atoms with Crippen LogP contribution in [0, 0.1) is 3.57 Å². The van der Waals surface area contributed by atoms with Gasteiger partial charge in [-0.05, 0) is 34.7 Å². The van der Waals surface area contributed by atoms with Crippen molar-refractivity contribution in [3.05, 3.63) is 39.1 Å². The van der Waals surface area contributed by atoms with E-state index in [9.17, 15) is 0 Å². The van der Waals surface area contributed by atoms with Crippen LogP contribution in [0.3, 0.4) is 0 Å². The molecule has 0 atom stereocenters. The van der Waals surface area contributed by atoms with E-state index in [-0.39, 0.29) is 0 Å². The lowest BCUT2D eigenvalue weighted by Crippen LogP contribution is -1.99. The Morgan fingerprint density at radius 2 is 2.19 bits per heavy atom. The highest BCUT2D eigenvalue weighted by Gasteiger charge is 2.05. The molecule has 3 nitrogen and oxygen atoms in total. The zero-order valence-corrected chi connectivity index (χ0v) is 11.5. The van der Waals surface area contributed by atoms with Crippen LogP contribution in [0.25, 0.3) is 11.4 Å². The summed E-state index contributed by atoms with van der Waals surface area (Å²) in [4.78, 5) is 8.69. The average molecular weight is 346 g/mol. The number of hydrogen-bond donors (Lipinski definition) is 1.